The molecule has 2 heterocycles. The second-order valence-electron chi connectivity index (χ2n) is 7.47. The second kappa shape index (κ2) is 9.29. The summed E-state index contributed by atoms with van der Waals surface area (Å²) in [4.78, 5) is 20.1. The summed E-state index contributed by atoms with van der Waals surface area (Å²) in [5.74, 6) is 1.06. The lowest BCUT2D eigenvalue weighted by Gasteiger charge is -2.41. The first-order valence-corrected chi connectivity index (χ1v) is 10.3. The van der Waals surface area contributed by atoms with Crippen LogP contribution in [-0.2, 0) is 9.53 Å². The number of carbonyl (C=O) groups is 1. The van der Waals surface area contributed by atoms with E-state index in [1.807, 2.05) is 35.2 Å². The number of carbonyl (C=O) groups excluding carboxylic acids is 1. The van der Waals surface area contributed by atoms with Crippen LogP contribution in [0.25, 0.3) is 0 Å². The lowest BCUT2D eigenvalue weighted by molar-refractivity contribution is -0.141. The van der Waals surface area contributed by atoms with Crippen molar-refractivity contribution >= 4 is 11.6 Å². The van der Waals surface area contributed by atoms with Gasteiger partial charge in [0.25, 0.3) is 0 Å². The van der Waals surface area contributed by atoms with E-state index < -0.39 is 0 Å². The van der Waals surface area contributed by atoms with E-state index in [0.717, 1.165) is 37.5 Å². The van der Waals surface area contributed by atoms with Crippen molar-refractivity contribution in [3.05, 3.63) is 60.2 Å². The number of benzene rings is 2. The molecule has 1 atom stereocenters. The summed E-state index contributed by atoms with van der Waals surface area (Å²) in [7, 11) is 1.68. The van der Waals surface area contributed by atoms with Gasteiger partial charge in [-0.15, -0.1) is 0 Å². The molecule has 2 aliphatic heterocycles. The standard InChI is InChI=1S/C23H29N3O3/c1-28-21-9-7-20(8-10-21)24-11-13-25(14-12-24)22(19-5-3-2-4-6-19)23(27)26-15-17-29-18-16-26/h2-10,22H,11-18H2,1H3. The van der Waals surface area contributed by atoms with Gasteiger partial charge in [-0.05, 0) is 29.8 Å². The first-order valence-electron chi connectivity index (χ1n) is 10.3. The normalized spacial score (nSPS) is 19.1. The van der Waals surface area contributed by atoms with Crippen molar-refractivity contribution in [3.8, 4) is 5.75 Å². The summed E-state index contributed by atoms with van der Waals surface area (Å²) in [5.41, 5.74) is 2.27. The van der Waals surface area contributed by atoms with Crippen LogP contribution in [0.2, 0.25) is 0 Å². The van der Waals surface area contributed by atoms with E-state index in [9.17, 15) is 4.79 Å². The number of rotatable bonds is 5. The van der Waals surface area contributed by atoms with Crippen LogP contribution in [0.15, 0.2) is 54.6 Å². The number of methoxy groups -OCH3 is 1. The van der Waals surface area contributed by atoms with Crippen LogP contribution < -0.4 is 9.64 Å². The predicted molar refractivity (Wildman–Crippen MR) is 113 cm³/mol. The molecule has 2 aromatic carbocycles. The largest absolute Gasteiger partial charge is 0.497 e. The SMILES string of the molecule is COc1ccc(N2CCN(C(C(=O)N3CCOCC3)c3ccccc3)CC2)cc1. The Morgan fingerprint density at radius 3 is 2.17 bits per heavy atom. The van der Waals surface area contributed by atoms with Gasteiger partial charge in [0.05, 0.1) is 20.3 Å². The Morgan fingerprint density at radius 1 is 0.897 bits per heavy atom. The van der Waals surface area contributed by atoms with Crippen molar-refractivity contribution in [2.45, 2.75) is 6.04 Å². The maximum absolute atomic E-state index is 13.4. The lowest BCUT2D eigenvalue weighted by atomic mass is 10.0. The molecule has 1 unspecified atom stereocenters. The van der Waals surface area contributed by atoms with Gasteiger partial charge in [0.2, 0.25) is 5.91 Å². The molecule has 2 saturated heterocycles. The van der Waals surface area contributed by atoms with E-state index in [-0.39, 0.29) is 11.9 Å². The van der Waals surface area contributed by atoms with E-state index in [4.69, 9.17) is 9.47 Å². The molecule has 0 bridgehead atoms. The van der Waals surface area contributed by atoms with Gasteiger partial charge in [-0.25, -0.2) is 0 Å². The molecule has 29 heavy (non-hydrogen) atoms. The van der Waals surface area contributed by atoms with E-state index in [1.54, 1.807) is 7.11 Å². The summed E-state index contributed by atoms with van der Waals surface area (Å²) < 4.78 is 10.7. The monoisotopic (exact) mass is 395 g/mol. The van der Waals surface area contributed by atoms with Crippen LogP contribution in [-0.4, -0.2) is 75.3 Å². The Kier molecular flexibility index (Phi) is 6.32. The average molecular weight is 396 g/mol. The fraction of sp³-hybridized carbons (Fsp3) is 0.435. The molecule has 2 fully saturated rings. The van der Waals surface area contributed by atoms with Crippen LogP contribution >= 0.6 is 0 Å². The maximum Gasteiger partial charge on any atom is 0.244 e. The molecular weight excluding hydrogens is 366 g/mol. The third kappa shape index (κ3) is 4.54. The van der Waals surface area contributed by atoms with Crippen molar-refractivity contribution in [1.29, 1.82) is 0 Å². The highest BCUT2D eigenvalue weighted by Crippen LogP contribution is 2.27. The zero-order valence-electron chi connectivity index (χ0n) is 17.0. The molecular formula is C23H29N3O3. The quantitative estimate of drug-likeness (QED) is 0.778. The molecule has 0 aliphatic carbocycles. The Labute approximate surface area is 172 Å². The Bertz CT molecular complexity index is 783. The van der Waals surface area contributed by atoms with Gasteiger partial charge in [0, 0.05) is 45.0 Å². The van der Waals surface area contributed by atoms with Crippen molar-refractivity contribution < 1.29 is 14.3 Å². The summed E-state index contributed by atoms with van der Waals surface area (Å²) >= 11 is 0. The number of amides is 1. The van der Waals surface area contributed by atoms with E-state index in [0.29, 0.717) is 26.3 Å². The summed E-state index contributed by atoms with van der Waals surface area (Å²) in [6, 6.07) is 18.1. The number of ether oxygens (including phenoxy) is 2. The number of anilines is 1. The third-order valence-corrected chi connectivity index (χ3v) is 5.79. The van der Waals surface area contributed by atoms with Crippen molar-refractivity contribution in [2.75, 3.05) is 64.5 Å². The summed E-state index contributed by atoms with van der Waals surface area (Å²) in [5, 5.41) is 0. The van der Waals surface area contributed by atoms with E-state index in [2.05, 4.69) is 34.1 Å². The maximum atomic E-state index is 13.4. The van der Waals surface area contributed by atoms with Crippen LogP contribution in [0.1, 0.15) is 11.6 Å². The van der Waals surface area contributed by atoms with Gasteiger partial charge in [0.15, 0.2) is 0 Å². The van der Waals surface area contributed by atoms with Crippen molar-refractivity contribution in [2.24, 2.45) is 0 Å². The van der Waals surface area contributed by atoms with Crippen LogP contribution in [0.5, 0.6) is 5.75 Å². The molecule has 0 aromatic heterocycles. The topological polar surface area (TPSA) is 45.2 Å². The first-order chi connectivity index (χ1) is 14.3. The lowest BCUT2D eigenvalue weighted by Crippen LogP contribution is -2.53. The molecule has 0 spiro atoms. The molecule has 1 amide bonds. The summed E-state index contributed by atoms with van der Waals surface area (Å²) in [6.45, 7) is 6.08. The molecule has 4 rings (SSSR count). The van der Waals surface area contributed by atoms with Crippen LogP contribution in [0, 0.1) is 0 Å². The van der Waals surface area contributed by atoms with Gasteiger partial charge in [-0.3, -0.25) is 9.69 Å². The third-order valence-electron chi connectivity index (χ3n) is 5.79. The Morgan fingerprint density at radius 2 is 1.55 bits per heavy atom. The highest BCUT2D eigenvalue weighted by Gasteiger charge is 2.33. The van der Waals surface area contributed by atoms with Crippen LogP contribution in [0.3, 0.4) is 0 Å². The summed E-state index contributed by atoms with van der Waals surface area (Å²) in [6.07, 6.45) is 0. The molecule has 6 heteroatoms. The highest BCUT2D eigenvalue weighted by molar-refractivity contribution is 5.83. The van der Waals surface area contributed by atoms with Gasteiger partial charge >= 0.3 is 0 Å². The zero-order valence-corrected chi connectivity index (χ0v) is 17.0. The number of hydrogen-bond acceptors (Lipinski definition) is 5. The molecule has 154 valence electrons. The molecule has 2 aliphatic rings. The van der Waals surface area contributed by atoms with Gasteiger partial charge in [0.1, 0.15) is 11.8 Å². The molecule has 0 saturated carbocycles. The fourth-order valence-electron chi connectivity index (χ4n) is 4.13. The number of nitrogens with zero attached hydrogens (tertiary/aromatic N) is 3. The Hall–Kier alpha value is -2.57. The highest BCUT2D eigenvalue weighted by atomic mass is 16.5. The second-order valence-corrected chi connectivity index (χ2v) is 7.47. The van der Waals surface area contributed by atoms with Crippen molar-refractivity contribution in [1.82, 2.24) is 9.80 Å². The minimum absolute atomic E-state index is 0.192. The fourth-order valence-corrected chi connectivity index (χ4v) is 4.13. The van der Waals surface area contributed by atoms with Crippen molar-refractivity contribution in [3.63, 3.8) is 0 Å². The minimum Gasteiger partial charge on any atom is -0.497 e. The minimum atomic E-state index is -0.229. The first kappa shape index (κ1) is 19.7. The smallest absolute Gasteiger partial charge is 0.244 e. The molecule has 6 nitrogen and oxygen atoms in total. The van der Waals surface area contributed by atoms with Gasteiger partial charge < -0.3 is 19.3 Å². The Balaban J connectivity index is 1.47. The average Bonchev–Trinajstić information content (AvgIpc) is 2.81. The number of hydrogen-bond donors (Lipinski definition) is 0. The van der Waals surface area contributed by atoms with Crippen LogP contribution in [0.4, 0.5) is 5.69 Å². The van der Waals surface area contributed by atoms with Gasteiger partial charge in [-0.2, -0.15) is 0 Å². The van der Waals surface area contributed by atoms with E-state index >= 15 is 0 Å². The van der Waals surface area contributed by atoms with Gasteiger partial charge in [-0.1, -0.05) is 30.3 Å². The number of piperazine rings is 1. The number of morpholine rings is 1. The molecule has 2 aromatic rings. The predicted octanol–water partition coefficient (Wildman–Crippen LogP) is 2.42. The molecule has 0 radical (unpaired) electrons. The molecule has 0 N–H and O–H groups in total. The zero-order chi connectivity index (χ0) is 20.1. The van der Waals surface area contributed by atoms with E-state index in [1.165, 1.54) is 5.69 Å².